The number of carbonyl (C=O) groups excluding carboxylic acids is 2. The standard InChI is InChI=1S/C21H26N2O4S2/c1-14(19(25)22-11-4-3-5-16(22)10-12-24)23-20(26)18(29-21(23)28)13-15-6-8-17(27-2)9-7-15/h6-9,13-14,16,24H,3-5,10-12H2,1-2H3/b18-13-/t14-,16+/m0/s1. The van der Waals surface area contributed by atoms with Crippen LogP contribution in [0.5, 0.6) is 5.75 Å². The van der Waals surface area contributed by atoms with E-state index in [-0.39, 0.29) is 24.5 Å². The van der Waals surface area contributed by atoms with Gasteiger partial charge in [0, 0.05) is 19.2 Å². The molecule has 0 bridgehead atoms. The molecule has 2 fully saturated rings. The van der Waals surface area contributed by atoms with E-state index in [1.165, 1.54) is 16.7 Å². The fraction of sp³-hybridized carbons (Fsp3) is 0.476. The maximum absolute atomic E-state index is 13.1. The maximum Gasteiger partial charge on any atom is 0.266 e. The Morgan fingerprint density at radius 2 is 2.10 bits per heavy atom. The molecule has 8 heteroatoms. The second-order valence-electron chi connectivity index (χ2n) is 7.19. The molecule has 0 radical (unpaired) electrons. The van der Waals surface area contributed by atoms with Gasteiger partial charge in [0.05, 0.1) is 12.0 Å². The van der Waals surface area contributed by atoms with Crippen LogP contribution in [0.15, 0.2) is 29.2 Å². The van der Waals surface area contributed by atoms with Crippen molar-refractivity contribution in [1.82, 2.24) is 9.80 Å². The minimum absolute atomic E-state index is 0.0249. The molecule has 1 aromatic carbocycles. The van der Waals surface area contributed by atoms with Crippen molar-refractivity contribution in [3.05, 3.63) is 34.7 Å². The third-order valence-corrected chi connectivity index (χ3v) is 6.68. The maximum atomic E-state index is 13.1. The summed E-state index contributed by atoms with van der Waals surface area (Å²) in [5, 5.41) is 9.32. The molecule has 0 aromatic heterocycles. The predicted molar refractivity (Wildman–Crippen MR) is 119 cm³/mol. The fourth-order valence-corrected chi connectivity index (χ4v) is 5.17. The van der Waals surface area contributed by atoms with E-state index in [0.717, 1.165) is 30.6 Å². The summed E-state index contributed by atoms with van der Waals surface area (Å²) in [5.74, 6) is 0.394. The van der Waals surface area contributed by atoms with Crippen molar-refractivity contribution < 1.29 is 19.4 Å². The number of rotatable bonds is 6. The van der Waals surface area contributed by atoms with E-state index in [4.69, 9.17) is 17.0 Å². The molecule has 2 aliphatic rings. The number of piperidine rings is 1. The molecule has 3 rings (SSSR count). The molecule has 0 spiro atoms. The Kier molecular flexibility index (Phi) is 7.32. The summed E-state index contributed by atoms with van der Waals surface area (Å²) in [4.78, 5) is 29.9. The van der Waals surface area contributed by atoms with Crippen LogP contribution >= 0.6 is 24.0 Å². The highest BCUT2D eigenvalue weighted by atomic mass is 32.2. The normalized spacial score (nSPS) is 22.3. The number of aliphatic hydroxyl groups is 1. The van der Waals surface area contributed by atoms with Crippen LogP contribution in [0.25, 0.3) is 6.08 Å². The third kappa shape index (κ3) is 4.82. The topological polar surface area (TPSA) is 70.1 Å². The molecular formula is C21H26N2O4S2. The molecule has 29 heavy (non-hydrogen) atoms. The van der Waals surface area contributed by atoms with E-state index < -0.39 is 6.04 Å². The molecule has 0 aliphatic carbocycles. The van der Waals surface area contributed by atoms with Gasteiger partial charge in [0.2, 0.25) is 5.91 Å². The Hall–Kier alpha value is -1.90. The van der Waals surface area contributed by atoms with Crippen LogP contribution < -0.4 is 4.74 Å². The lowest BCUT2D eigenvalue weighted by Crippen LogP contribution is -2.53. The summed E-state index contributed by atoms with van der Waals surface area (Å²) in [6.45, 7) is 2.44. The first-order valence-corrected chi connectivity index (χ1v) is 11.0. The van der Waals surface area contributed by atoms with Gasteiger partial charge in [0.25, 0.3) is 5.91 Å². The number of benzene rings is 1. The zero-order valence-corrected chi connectivity index (χ0v) is 18.3. The molecular weight excluding hydrogens is 408 g/mol. The highest BCUT2D eigenvalue weighted by Crippen LogP contribution is 2.35. The van der Waals surface area contributed by atoms with Gasteiger partial charge in [-0.05, 0) is 56.4 Å². The van der Waals surface area contributed by atoms with Gasteiger partial charge in [0.15, 0.2) is 0 Å². The predicted octanol–water partition coefficient (Wildman–Crippen LogP) is 3.05. The number of ether oxygens (including phenoxy) is 1. The van der Waals surface area contributed by atoms with Crippen molar-refractivity contribution in [1.29, 1.82) is 0 Å². The number of carbonyl (C=O) groups is 2. The lowest BCUT2D eigenvalue weighted by molar-refractivity contribution is -0.142. The van der Waals surface area contributed by atoms with Crippen LogP contribution in [-0.2, 0) is 9.59 Å². The lowest BCUT2D eigenvalue weighted by atomic mass is 9.98. The smallest absolute Gasteiger partial charge is 0.266 e. The third-order valence-electron chi connectivity index (χ3n) is 5.35. The van der Waals surface area contributed by atoms with Gasteiger partial charge < -0.3 is 14.7 Å². The number of methoxy groups -OCH3 is 1. The SMILES string of the molecule is COc1ccc(/C=C2\SC(=S)N([C@@H](C)C(=O)N3CCCC[C@@H]3CCO)C2=O)cc1. The van der Waals surface area contributed by atoms with Gasteiger partial charge in [-0.3, -0.25) is 14.5 Å². The van der Waals surface area contributed by atoms with Crippen molar-refractivity contribution in [3.63, 3.8) is 0 Å². The van der Waals surface area contributed by atoms with Crippen LogP contribution in [0.2, 0.25) is 0 Å². The first kappa shape index (κ1) is 21.8. The number of likely N-dealkylation sites (tertiary alicyclic amines) is 1. The quantitative estimate of drug-likeness (QED) is 0.548. The highest BCUT2D eigenvalue weighted by Gasteiger charge is 2.40. The average Bonchev–Trinajstić information content (AvgIpc) is 3.01. The van der Waals surface area contributed by atoms with E-state index in [2.05, 4.69) is 0 Å². The Balaban J connectivity index is 1.75. The van der Waals surface area contributed by atoms with E-state index in [1.54, 1.807) is 20.1 Å². The molecule has 0 saturated carbocycles. The molecule has 2 atom stereocenters. The molecule has 2 amide bonds. The highest BCUT2D eigenvalue weighted by molar-refractivity contribution is 8.26. The molecule has 6 nitrogen and oxygen atoms in total. The van der Waals surface area contributed by atoms with Crippen LogP contribution in [0.3, 0.4) is 0 Å². The van der Waals surface area contributed by atoms with E-state index in [9.17, 15) is 14.7 Å². The van der Waals surface area contributed by atoms with E-state index in [0.29, 0.717) is 22.2 Å². The summed E-state index contributed by atoms with van der Waals surface area (Å²) < 4.78 is 5.55. The van der Waals surface area contributed by atoms with Crippen LogP contribution in [0.4, 0.5) is 0 Å². The number of thioether (sulfide) groups is 1. The molecule has 0 unspecified atom stereocenters. The zero-order chi connectivity index (χ0) is 21.0. The van der Waals surface area contributed by atoms with Gasteiger partial charge >= 0.3 is 0 Å². The molecule has 2 aliphatic heterocycles. The Bertz CT molecular complexity index is 807. The summed E-state index contributed by atoms with van der Waals surface area (Å²) in [6.07, 6.45) is 5.22. The largest absolute Gasteiger partial charge is 0.497 e. The number of hydrogen-bond donors (Lipinski definition) is 1. The van der Waals surface area contributed by atoms with Crippen molar-refractivity contribution in [2.24, 2.45) is 0 Å². The van der Waals surface area contributed by atoms with Crippen molar-refractivity contribution in [3.8, 4) is 5.75 Å². The number of hydrogen-bond acceptors (Lipinski definition) is 6. The number of nitrogens with zero attached hydrogens (tertiary/aromatic N) is 2. The number of amides is 2. The fourth-order valence-electron chi connectivity index (χ4n) is 3.76. The minimum atomic E-state index is -0.663. The van der Waals surface area contributed by atoms with Crippen LogP contribution in [0, 0.1) is 0 Å². The van der Waals surface area contributed by atoms with E-state index in [1.807, 2.05) is 29.2 Å². The van der Waals surface area contributed by atoms with E-state index >= 15 is 0 Å². The average molecular weight is 435 g/mol. The molecule has 1 aromatic rings. The zero-order valence-electron chi connectivity index (χ0n) is 16.7. The van der Waals surface area contributed by atoms with Gasteiger partial charge in [-0.15, -0.1) is 0 Å². The van der Waals surface area contributed by atoms with Crippen LogP contribution in [-0.4, -0.2) is 63.4 Å². The second kappa shape index (κ2) is 9.73. The first-order chi connectivity index (χ1) is 14.0. The summed E-state index contributed by atoms with van der Waals surface area (Å²) in [7, 11) is 1.60. The van der Waals surface area contributed by atoms with Gasteiger partial charge in [-0.1, -0.05) is 36.1 Å². The minimum Gasteiger partial charge on any atom is -0.497 e. The van der Waals surface area contributed by atoms with Crippen molar-refractivity contribution in [2.75, 3.05) is 20.3 Å². The van der Waals surface area contributed by atoms with Gasteiger partial charge in [0.1, 0.15) is 16.1 Å². The molecule has 2 heterocycles. The second-order valence-corrected chi connectivity index (χ2v) is 8.87. The summed E-state index contributed by atoms with van der Waals surface area (Å²) >= 11 is 6.64. The lowest BCUT2D eigenvalue weighted by Gasteiger charge is -2.38. The Morgan fingerprint density at radius 3 is 2.76 bits per heavy atom. The van der Waals surface area contributed by atoms with Gasteiger partial charge in [-0.2, -0.15) is 0 Å². The van der Waals surface area contributed by atoms with Gasteiger partial charge in [-0.25, -0.2) is 0 Å². The summed E-state index contributed by atoms with van der Waals surface area (Å²) in [5.41, 5.74) is 0.865. The molecule has 2 saturated heterocycles. The Labute approximate surface area is 180 Å². The van der Waals surface area contributed by atoms with Crippen molar-refractivity contribution in [2.45, 2.75) is 44.7 Å². The molecule has 156 valence electrons. The Morgan fingerprint density at radius 1 is 1.38 bits per heavy atom. The first-order valence-electron chi connectivity index (χ1n) is 9.78. The van der Waals surface area contributed by atoms with Crippen molar-refractivity contribution >= 4 is 46.2 Å². The number of aliphatic hydroxyl groups excluding tert-OH is 1. The molecule has 1 N–H and O–H groups in total. The summed E-state index contributed by atoms with van der Waals surface area (Å²) in [6, 6.07) is 6.76. The number of thiocarbonyl (C=S) groups is 1. The monoisotopic (exact) mass is 434 g/mol. The van der Waals surface area contributed by atoms with Crippen LogP contribution in [0.1, 0.15) is 38.2 Å².